The van der Waals surface area contributed by atoms with E-state index in [1.54, 1.807) is 19.1 Å². The molecule has 2 aliphatic heterocycles. The number of nitrogens with one attached hydrogen (secondary N) is 1. The molecule has 0 unspecified atom stereocenters. The molecule has 0 atom stereocenters. The summed E-state index contributed by atoms with van der Waals surface area (Å²) in [4.78, 5) is 17.7. The summed E-state index contributed by atoms with van der Waals surface area (Å²) in [5, 5.41) is 7.89. The summed E-state index contributed by atoms with van der Waals surface area (Å²) in [6.07, 6.45) is -1.04. The zero-order chi connectivity index (χ0) is 27.7. The first-order valence-corrected chi connectivity index (χ1v) is 13.5. The third kappa shape index (κ3) is 6.39. The molecule has 2 fully saturated rings. The van der Waals surface area contributed by atoms with Crippen LogP contribution in [0.15, 0.2) is 42.6 Å². The van der Waals surface area contributed by atoms with Crippen molar-refractivity contribution in [2.45, 2.75) is 32.0 Å². The van der Waals surface area contributed by atoms with Gasteiger partial charge in [0.05, 0.1) is 57.7 Å². The molecule has 40 heavy (non-hydrogen) atoms. The van der Waals surface area contributed by atoms with E-state index in [1.165, 1.54) is 23.0 Å². The van der Waals surface area contributed by atoms with Crippen molar-refractivity contribution in [1.82, 2.24) is 14.7 Å². The van der Waals surface area contributed by atoms with Crippen LogP contribution in [0.1, 0.15) is 34.5 Å². The normalized spacial score (nSPS) is 17.0. The van der Waals surface area contributed by atoms with Crippen molar-refractivity contribution in [1.29, 1.82) is 0 Å². The highest BCUT2D eigenvalue weighted by Crippen LogP contribution is 2.38. The Labute approximate surface area is 239 Å². The highest BCUT2D eigenvalue weighted by molar-refractivity contribution is 6.39. The number of hydrogen-bond donors (Lipinski definition) is 1. The molecule has 5 rings (SSSR count). The number of carbonyl (C=O) groups is 1. The number of amides is 1. The minimum Gasteiger partial charge on any atom is -0.412 e. The maximum atomic E-state index is 13.0. The first-order chi connectivity index (χ1) is 18.6. The highest BCUT2D eigenvalue weighted by Gasteiger charge is 2.30. The van der Waals surface area contributed by atoms with Gasteiger partial charge in [0.15, 0.2) is 0 Å². The molecule has 0 radical (unpaired) electrons. The molecule has 0 saturated carbocycles. The SMILES string of the molecule is Cc1c(C(=O)Nc2cc(Cl)c(N3CCC(N4CCOCC4)CC3)c(Cl)c2)cnn1-c1ccc(C(F)(F)F)cc1.O. The average molecular weight is 600 g/mol. The molecule has 3 N–H and O–H groups in total. The molecule has 216 valence electrons. The molecular weight excluding hydrogens is 570 g/mol. The smallest absolute Gasteiger partial charge is 0.412 e. The predicted octanol–water partition coefficient (Wildman–Crippen LogP) is 5.23. The minimum absolute atomic E-state index is 0. The fraction of sp³-hybridized carbons (Fsp3) is 0.407. The number of aromatic nitrogens is 2. The number of carbonyl (C=O) groups excluding carboxylic acids is 1. The Hall–Kier alpha value is -2.83. The zero-order valence-electron chi connectivity index (χ0n) is 21.8. The fourth-order valence-electron chi connectivity index (χ4n) is 5.22. The van der Waals surface area contributed by atoms with Crippen molar-refractivity contribution in [3.63, 3.8) is 0 Å². The number of rotatable bonds is 5. The molecule has 3 heterocycles. The van der Waals surface area contributed by atoms with Crippen molar-refractivity contribution in [2.24, 2.45) is 0 Å². The lowest BCUT2D eigenvalue weighted by molar-refractivity contribution is -0.137. The molecule has 2 aliphatic rings. The van der Waals surface area contributed by atoms with E-state index in [2.05, 4.69) is 20.2 Å². The van der Waals surface area contributed by atoms with E-state index in [0.29, 0.717) is 33.2 Å². The summed E-state index contributed by atoms with van der Waals surface area (Å²) in [6.45, 7) is 6.81. The number of halogens is 5. The lowest BCUT2D eigenvalue weighted by Gasteiger charge is -2.41. The summed E-state index contributed by atoms with van der Waals surface area (Å²) in [5.41, 5.74) is 1.59. The molecule has 0 spiro atoms. The Morgan fingerprint density at radius 3 is 2.20 bits per heavy atom. The zero-order valence-corrected chi connectivity index (χ0v) is 23.3. The van der Waals surface area contributed by atoms with E-state index in [4.69, 9.17) is 27.9 Å². The van der Waals surface area contributed by atoms with Gasteiger partial charge in [0.25, 0.3) is 5.91 Å². The van der Waals surface area contributed by atoms with Crippen molar-refractivity contribution >= 4 is 40.5 Å². The third-order valence-corrected chi connectivity index (χ3v) is 7.89. The summed E-state index contributed by atoms with van der Waals surface area (Å²) >= 11 is 13.3. The first kappa shape index (κ1) is 30.1. The van der Waals surface area contributed by atoms with Crippen LogP contribution in [0.25, 0.3) is 5.69 Å². The Morgan fingerprint density at radius 2 is 1.62 bits per heavy atom. The van der Waals surface area contributed by atoms with E-state index in [-0.39, 0.29) is 11.0 Å². The summed E-state index contributed by atoms with van der Waals surface area (Å²) in [7, 11) is 0. The Morgan fingerprint density at radius 1 is 1.02 bits per heavy atom. The number of nitrogens with zero attached hydrogens (tertiary/aromatic N) is 4. The topological polar surface area (TPSA) is 94.1 Å². The fourth-order valence-corrected chi connectivity index (χ4v) is 5.95. The van der Waals surface area contributed by atoms with E-state index in [0.717, 1.165) is 70.1 Å². The van der Waals surface area contributed by atoms with Crippen molar-refractivity contribution in [3.8, 4) is 5.69 Å². The van der Waals surface area contributed by atoms with Crippen LogP contribution in [0.2, 0.25) is 10.0 Å². The molecule has 1 amide bonds. The monoisotopic (exact) mass is 599 g/mol. The second kappa shape index (κ2) is 12.4. The van der Waals surface area contributed by atoms with Crippen LogP contribution in [0, 0.1) is 6.92 Å². The van der Waals surface area contributed by atoms with Gasteiger partial charge in [-0.25, -0.2) is 4.68 Å². The Bertz CT molecular complexity index is 1310. The minimum atomic E-state index is -4.43. The highest BCUT2D eigenvalue weighted by atomic mass is 35.5. The number of morpholine rings is 1. The van der Waals surface area contributed by atoms with Gasteiger partial charge in [0.2, 0.25) is 0 Å². The molecule has 13 heteroatoms. The van der Waals surface area contributed by atoms with Gasteiger partial charge in [-0.1, -0.05) is 23.2 Å². The van der Waals surface area contributed by atoms with Gasteiger partial charge in [-0.15, -0.1) is 0 Å². The molecule has 8 nitrogen and oxygen atoms in total. The molecule has 1 aromatic heterocycles. The van der Waals surface area contributed by atoms with Crippen LogP contribution >= 0.6 is 23.2 Å². The van der Waals surface area contributed by atoms with E-state index in [1.807, 2.05) is 0 Å². The van der Waals surface area contributed by atoms with Crippen LogP contribution in [0.3, 0.4) is 0 Å². The van der Waals surface area contributed by atoms with Gasteiger partial charge in [-0.2, -0.15) is 18.3 Å². The summed E-state index contributed by atoms with van der Waals surface area (Å²) in [5.74, 6) is -0.433. The van der Waals surface area contributed by atoms with Crippen LogP contribution in [0.4, 0.5) is 24.5 Å². The maximum Gasteiger partial charge on any atom is 0.416 e. The van der Waals surface area contributed by atoms with Crippen LogP contribution in [0.5, 0.6) is 0 Å². The molecule has 0 bridgehead atoms. The standard InChI is InChI=1S/C27H28Cl2F3N5O2.H2O/c1-17-22(16-33-37(17)21-4-2-18(3-5-21)27(30,31)32)26(38)34-19-14-23(28)25(24(29)15-19)36-8-6-20(7-9-36)35-10-12-39-13-11-35;/h2-5,14-16,20H,6-13H2,1H3,(H,34,38);1H2. The predicted molar refractivity (Wildman–Crippen MR) is 149 cm³/mol. The Balaban J connectivity index is 0.00000370. The lowest BCUT2D eigenvalue weighted by Crippen LogP contribution is -2.49. The Kier molecular flexibility index (Phi) is 9.31. The second-order valence-corrected chi connectivity index (χ2v) is 10.5. The van der Waals surface area contributed by atoms with Gasteiger partial charge >= 0.3 is 6.18 Å². The summed E-state index contributed by atoms with van der Waals surface area (Å²) in [6, 6.07) is 8.45. The number of benzene rings is 2. The number of alkyl halides is 3. The first-order valence-electron chi connectivity index (χ1n) is 12.7. The van der Waals surface area contributed by atoms with Crippen LogP contribution in [-0.4, -0.2) is 71.5 Å². The second-order valence-electron chi connectivity index (χ2n) is 9.71. The number of ether oxygens (including phenoxy) is 1. The maximum absolute atomic E-state index is 13.0. The number of hydrogen-bond acceptors (Lipinski definition) is 5. The van der Waals surface area contributed by atoms with Crippen molar-refractivity contribution < 1.29 is 28.2 Å². The van der Waals surface area contributed by atoms with Gasteiger partial charge in [0.1, 0.15) is 0 Å². The van der Waals surface area contributed by atoms with Crippen LogP contribution in [-0.2, 0) is 10.9 Å². The van der Waals surface area contributed by atoms with E-state index < -0.39 is 17.6 Å². The summed E-state index contributed by atoms with van der Waals surface area (Å²) < 4.78 is 45.5. The molecule has 0 aliphatic carbocycles. The molecule has 2 saturated heterocycles. The largest absolute Gasteiger partial charge is 0.416 e. The molecular formula is C27H30Cl2F3N5O3. The van der Waals surface area contributed by atoms with Crippen molar-refractivity contribution in [2.75, 3.05) is 49.6 Å². The number of piperidine rings is 1. The van der Waals surface area contributed by atoms with Gasteiger partial charge in [0, 0.05) is 37.9 Å². The lowest BCUT2D eigenvalue weighted by atomic mass is 10.0. The van der Waals surface area contributed by atoms with Crippen LogP contribution < -0.4 is 10.2 Å². The quantitative estimate of drug-likeness (QED) is 0.433. The third-order valence-electron chi connectivity index (χ3n) is 7.31. The van der Waals surface area contributed by atoms with Crippen molar-refractivity contribution in [3.05, 3.63) is 69.5 Å². The van der Waals surface area contributed by atoms with Gasteiger partial charge in [-0.3, -0.25) is 9.69 Å². The van der Waals surface area contributed by atoms with Gasteiger partial charge in [-0.05, 0) is 56.2 Å². The molecule has 2 aromatic carbocycles. The molecule has 3 aromatic rings. The van der Waals surface area contributed by atoms with E-state index >= 15 is 0 Å². The number of anilines is 2. The van der Waals surface area contributed by atoms with Gasteiger partial charge < -0.3 is 20.4 Å². The van der Waals surface area contributed by atoms with E-state index in [9.17, 15) is 18.0 Å². The average Bonchev–Trinajstić information content (AvgIpc) is 3.30.